The molecule has 1 nitrogen and oxygen atoms in total. The van der Waals surface area contributed by atoms with Crippen molar-refractivity contribution in [2.75, 3.05) is 5.75 Å². The maximum atomic E-state index is 11.4. The molecule has 0 heterocycles. The van der Waals surface area contributed by atoms with E-state index in [0.29, 0.717) is 17.6 Å². The molecule has 0 bridgehead atoms. The Morgan fingerprint density at radius 3 is 2.69 bits per heavy atom. The van der Waals surface area contributed by atoms with Gasteiger partial charge in [-0.05, 0) is 36.6 Å². The standard InChI is InChI=1S/C14H18OS/c1-11-12(7-8-14(11)15)9-10-16-13-5-3-2-4-6-13/h2-6,11-12H,7-10H2,1H3. The summed E-state index contributed by atoms with van der Waals surface area (Å²) in [7, 11) is 0. The summed E-state index contributed by atoms with van der Waals surface area (Å²) in [6.07, 6.45) is 3.09. The molecule has 1 saturated carbocycles. The van der Waals surface area contributed by atoms with Crippen LogP contribution in [0.4, 0.5) is 0 Å². The van der Waals surface area contributed by atoms with Crippen molar-refractivity contribution in [1.82, 2.24) is 0 Å². The van der Waals surface area contributed by atoms with Crippen molar-refractivity contribution in [2.45, 2.75) is 31.1 Å². The van der Waals surface area contributed by atoms with Gasteiger partial charge in [0.25, 0.3) is 0 Å². The zero-order chi connectivity index (χ0) is 11.4. The van der Waals surface area contributed by atoms with Gasteiger partial charge in [0.1, 0.15) is 5.78 Å². The maximum absolute atomic E-state index is 11.4. The average molecular weight is 234 g/mol. The summed E-state index contributed by atoms with van der Waals surface area (Å²) in [5, 5.41) is 0. The van der Waals surface area contributed by atoms with Crippen LogP contribution in [0, 0.1) is 11.8 Å². The van der Waals surface area contributed by atoms with E-state index < -0.39 is 0 Å². The van der Waals surface area contributed by atoms with Crippen molar-refractivity contribution in [1.29, 1.82) is 0 Å². The molecule has 1 aromatic rings. The molecule has 2 heteroatoms. The Kier molecular flexibility index (Phi) is 4.05. The zero-order valence-electron chi connectivity index (χ0n) is 9.69. The van der Waals surface area contributed by atoms with Crippen LogP contribution in [0.2, 0.25) is 0 Å². The number of Topliss-reactive ketones (excluding diaryl/α,β-unsaturated/α-hetero) is 1. The summed E-state index contributed by atoms with van der Waals surface area (Å²) in [6, 6.07) is 10.5. The van der Waals surface area contributed by atoms with Crippen LogP contribution >= 0.6 is 11.8 Å². The van der Waals surface area contributed by atoms with E-state index in [1.807, 2.05) is 17.8 Å². The van der Waals surface area contributed by atoms with Crippen LogP contribution in [0.3, 0.4) is 0 Å². The minimum Gasteiger partial charge on any atom is -0.299 e. The van der Waals surface area contributed by atoms with Crippen molar-refractivity contribution in [3.8, 4) is 0 Å². The molecule has 2 rings (SSSR count). The van der Waals surface area contributed by atoms with E-state index in [0.717, 1.165) is 18.6 Å². The quantitative estimate of drug-likeness (QED) is 0.737. The lowest BCUT2D eigenvalue weighted by atomic mass is 9.95. The molecule has 86 valence electrons. The van der Waals surface area contributed by atoms with Gasteiger partial charge in [-0.25, -0.2) is 0 Å². The topological polar surface area (TPSA) is 17.1 Å². The average Bonchev–Trinajstić information content (AvgIpc) is 2.62. The lowest BCUT2D eigenvalue weighted by Crippen LogP contribution is -2.10. The van der Waals surface area contributed by atoms with Crippen molar-refractivity contribution in [2.24, 2.45) is 11.8 Å². The van der Waals surface area contributed by atoms with Gasteiger partial charge in [0.15, 0.2) is 0 Å². The van der Waals surface area contributed by atoms with E-state index in [2.05, 4.69) is 31.2 Å². The molecular weight excluding hydrogens is 216 g/mol. The number of rotatable bonds is 4. The molecule has 2 unspecified atom stereocenters. The lowest BCUT2D eigenvalue weighted by Gasteiger charge is -2.13. The lowest BCUT2D eigenvalue weighted by molar-refractivity contribution is -0.120. The first-order valence-corrected chi connectivity index (χ1v) is 6.96. The number of benzene rings is 1. The molecule has 0 aromatic heterocycles. The van der Waals surface area contributed by atoms with Gasteiger partial charge < -0.3 is 0 Å². The fraction of sp³-hybridized carbons (Fsp3) is 0.500. The number of hydrogen-bond acceptors (Lipinski definition) is 2. The van der Waals surface area contributed by atoms with Crippen LogP contribution in [-0.2, 0) is 4.79 Å². The summed E-state index contributed by atoms with van der Waals surface area (Å²) in [6.45, 7) is 2.09. The number of hydrogen-bond donors (Lipinski definition) is 0. The Balaban J connectivity index is 1.75. The van der Waals surface area contributed by atoms with Gasteiger partial charge in [0.05, 0.1) is 0 Å². The third kappa shape index (κ3) is 2.88. The molecule has 16 heavy (non-hydrogen) atoms. The second kappa shape index (κ2) is 5.53. The van der Waals surface area contributed by atoms with Gasteiger partial charge in [-0.2, -0.15) is 0 Å². The Hall–Kier alpha value is -0.760. The predicted molar refractivity (Wildman–Crippen MR) is 68.7 cm³/mol. The molecule has 1 fully saturated rings. The minimum atomic E-state index is 0.302. The van der Waals surface area contributed by atoms with Gasteiger partial charge in [-0.1, -0.05) is 25.1 Å². The molecule has 1 aliphatic rings. The van der Waals surface area contributed by atoms with Gasteiger partial charge in [-0.15, -0.1) is 11.8 Å². The van der Waals surface area contributed by atoms with E-state index in [4.69, 9.17) is 0 Å². The maximum Gasteiger partial charge on any atom is 0.135 e. The number of carbonyl (C=O) groups excluding carboxylic acids is 1. The molecule has 0 N–H and O–H groups in total. The highest BCUT2D eigenvalue weighted by molar-refractivity contribution is 7.99. The first kappa shape index (κ1) is 11.7. The fourth-order valence-electron chi connectivity index (χ4n) is 2.31. The van der Waals surface area contributed by atoms with Gasteiger partial charge in [0, 0.05) is 17.2 Å². The van der Waals surface area contributed by atoms with Crippen LogP contribution in [0.15, 0.2) is 35.2 Å². The fourth-order valence-corrected chi connectivity index (χ4v) is 3.31. The molecule has 0 spiro atoms. The molecule has 0 aliphatic heterocycles. The zero-order valence-corrected chi connectivity index (χ0v) is 10.5. The second-order valence-electron chi connectivity index (χ2n) is 4.50. The highest BCUT2D eigenvalue weighted by atomic mass is 32.2. The van der Waals surface area contributed by atoms with Crippen LogP contribution in [0.5, 0.6) is 0 Å². The first-order chi connectivity index (χ1) is 7.77. The SMILES string of the molecule is CC1C(=O)CCC1CCSc1ccccc1. The summed E-state index contributed by atoms with van der Waals surface area (Å²) in [4.78, 5) is 12.7. The van der Waals surface area contributed by atoms with Crippen LogP contribution in [0.1, 0.15) is 26.2 Å². The van der Waals surface area contributed by atoms with E-state index in [-0.39, 0.29) is 0 Å². The van der Waals surface area contributed by atoms with Gasteiger partial charge in [-0.3, -0.25) is 4.79 Å². The highest BCUT2D eigenvalue weighted by Crippen LogP contribution is 2.32. The van der Waals surface area contributed by atoms with E-state index >= 15 is 0 Å². The molecule has 0 amide bonds. The Bertz CT molecular complexity index is 347. The van der Waals surface area contributed by atoms with Gasteiger partial charge >= 0.3 is 0 Å². The monoisotopic (exact) mass is 234 g/mol. The predicted octanol–water partition coefficient (Wildman–Crippen LogP) is 3.78. The summed E-state index contributed by atoms with van der Waals surface area (Å²) in [5.74, 6) is 2.53. The minimum absolute atomic E-state index is 0.302. The summed E-state index contributed by atoms with van der Waals surface area (Å²) >= 11 is 1.90. The van der Waals surface area contributed by atoms with E-state index in [1.165, 1.54) is 11.3 Å². The summed E-state index contributed by atoms with van der Waals surface area (Å²) < 4.78 is 0. The number of thioether (sulfide) groups is 1. The molecule has 0 saturated heterocycles. The van der Waals surface area contributed by atoms with Crippen LogP contribution in [0.25, 0.3) is 0 Å². The number of ketones is 1. The highest BCUT2D eigenvalue weighted by Gasteiger charge is 2.30. The molecule has 2 atom stereocenters. The molecule has 1 aliphatic carbocycles. The smallest absolute Gasteiger partial charge is 0.135 e. The van der Waals surface area contributed by atoms with E-state index in [1.54, 1.807) is 0 Å². The molecule has 0 radical (unpaired) electrons. The Morgan fingerprint density at radius 2 is 2.06 bits per heavy atom. The van der Waals surface area contributed by atoms with E-state index in [9.17, 15) is 4.79 Å². The van der Waals surface area contributed by atoms with Crippen LogP contribution in [-0.4, -0.2) is 11.5 Å². The van der Waals surface area contributed by atoms with Crippen LogP contribution < -0.4 is 0 Å². The third-order valence-electron chi connectivity index (χ3n) is 3.48. The van der Waals surface area contributed by atoms with Crippen molar-refractivity contribution in [3.63, 3.8) is 0 Å². The third-order valence-corrected chi connectivity index (χ3v) is 4.52. The number of carbonyl (C=O) groups is 1. The molecular formula is C14H18OS. The molecule has 1 aromatic carbocycles. The first-order valence-electron chi connectivity index (χ1n) is 5.98. The van der Waals surface area contributed by atoms with Crippen molar-refractivity contribution < 1.29 is 4.79 Å². The van der Waals surface area contributed by atoms with Gasteiger partial charge in [0.2, 0.25) is 0 Å². The van der Waals surface area contributed by atoms with Crippen molar-refractivity contribution >= 4 is 17.5 Å². The largest absolute Gasteiger partial charge is 0.299 e. The second-order valence-corrected chi connectivity index (χ2v) is 5.67. The Morgan fingerprint density at radius 1 is 1.31 bits per heavy atom. The Labute approximate surface area is 102 Å². The summed E-state index contributed by atoms with van der Waals surface area (Å²) in [5.41, 5.74) is 0. The normalized spacial score (nSPS) is 24.9. The van der Waals surface area contributed by atoms with Crippen molar-refractivity contribution in [3.05, 3.63) is 30.3 Å².